The maximum atomic E-state index is 12.6. The Labute approximate surface area is 147 Å². The fourth-order valence-electron chi connectivity index (χ4n) is 3.14. The van der Waals surface area contributed by atoms with Gasteiger partial charge in [-0.25, -0.2) is 0 Å². The maximum Gasteiger partial charge on any atom is 0.253 e. The van der Waals surface area contributed by atoms with E-state index in [2.05, 4.69) is 0 Å². The van der Waals surface area contributed by atoms with Crippen molar-refractivity contribution in [3.8, 4) is 16.9 Å². The standard InChI is InChI=1S/C20H23NO4/c1-25-18-5-3-2-4-17(18)15-6-8-16(9-7-15)19(23)21-12-10-20(24,14-22)11-13-21/h2-9,22,24H,10-14H2,1H3. The minimum Gasteiger partial charge on any atom is -0.496 e. The number of carbonyl (C=O) groups is 1. The lowest BCUT2D eigenvalue weighted by Gasteiger charge is -2.37. The highest BCUT2D eigenvalue weighted by Crippen LogP contribution is 2.30. The molecule has 0 aliphatic carbocycles. The highest BCUT2D eigenvalue weighted by atomic mass is 16.5. The van der Waals surface area contributed by atoms with Crippen LogP contribution >= 0.6 is 0 Å². The number of para-hydroxylation sites is 1. The number of methoxy groups -OCH3 is 1. The largest absolute Gasteiger partial charge is 0.496 e. The van der Waals surface area contributed by atoms with Crippen LogP contribution in [0.25, 0.3) is 11.1 Å². The number of nitrogens with zero attached hydrogens (tertiary/aromatic N) is 1. The molecule has 2 N–H and O–H groups in total. The van der Waals surface area contributed by atoms with Gasteiger partial charge in [-0.1, -0.05) is 30.3 Å². The average Bonchev–Trinajstić information content (AvgIpc) is 2.68. The van der Waals surface area contributed by atoms with Crippen LogP contribution in [-0.2, 0) is 0 Å². The Hall–Kier alpha value is -2.37. The predicted molar refractivity (Wildman–Crippen MR) is 95.6 cm³/mol. The Bertz CT molecular complexity index is 734. The van der Waals surface area contributed by atoms with Crippen LogP contribution in [0.3, 0.4) is 0 Å². The SMILES string of the molecule is COc1ccccc1-c1ccc(C(=O)N2CCC(O)(CO)CC2)cc1. The van der Waals surface area contributed by atoms with Crippen molar-refractivity contribution in [1.29, 1.82) is 0 Å². The molecular formula is C20H23NO4. The molecule has 0 spiro atoms. The van der Waals surface area contributed by atoms with Crippen molar-refractivity contribution in [2.75, 3.05) is 26.8 Å². The zero-order valence-electron chi connectivity index (χ0n) is 14.3. The van der Waals surface area contributed by atoms with Crippen LogP contribution in [0, 0.1) is 0 Å². The highest BCUT2D eigenvalue weighted by molar-refractivity contribution is 5.95. The Morgan fingerprint density at radius 3 is 2.36 bits per heavy atom. The monoisotopic (exact) mass is 341 g/mol. The van der Waals surface area contributed by atoms with Gasteiger partial charge < -0.3 is 19.8 Å². The van der Waals surface area contributed by atoms with Crippen LogP contribution in [-0.4, -0.2) is 53.4 Å². The lowest BCUT2D eigenvalue weighted by atomic mass is 9.92. The minimum atomic E-state index is -1.05. The first kappa shape index (κ1) is 17.5. The molecule has 0 saturated carbocycles. The summed E-state index contributed by atoms with van der Waals surface area (Å²) in [5.41, 5.74) is 1.54. The van der Waals surface area contributed by atoms with E-state index in [0.717, 1.165) is 16.9 Å². The number of rotatable bonds is 4. The van der Waals surface area contributed by atoms with Crippen LogP contribution < -0.4 is 4.74 Å². The zero-order valence-corrected chi connectivity index (χ0v) is 14.3. The van der Waals surface area contributed by atoms with E-state index in [1.54, 1.807) is 12.0 Å². The maximum absolute atomic E-state index is 12.6. The van der Waals surface area contributed by atoms with E-state index in [1.165, 1.54) is 0 Å². The van der Waals surface area contributed by atoms with E-state index in [9.17, 15) is 15.0 Å². The van der Waals surface area contributed by atoms with Crippen LogP contribution in [0.4, 0.5) is 0 Å². The molecule has 0 unspecified atom stereocenters. The van der Waals surface area contributed by atoms with Crippen molar-refractivity contribution in [2.45, 2.75) is 18.4 Å². The third-order valence-electron chi connectivity index (χ3n) is 4.83. The summed E-state index contributed by atoms with van der Waals surface area (Å²) >= 11 is 0. The van der Waals surface area contributed by atoms with Crippen molar-refractivity contribution in [2.24, 2.45) is 0 Å². The summed E-state index contributed by atoms with van der Waals surface area (Å²) in [4.78, 5) is 14.4. The Morgan fingerprint density at radius 2 is 1.76 bits per heavy atom. The number of amides is 1. The summed E-state index contributed by atoms with van der Waals surface area (Å²) in [7, 11) is 1.64. The van der Waals surface area contributed by atoms with Gasteiger partial charge in [0.25, 0.3) is 5.91 Å². The summed E-state index contributed by atoms with van der Waals surface area (Å²) in [5.74, 6) is 0.743. The summed E-state index contributed by atoms with van der Waals surface area (Å²) < 4.78 is 5.38. The van der Waals surface area contributed by atoms with Gasteiger partial charge >= 0.3 is 0 Å². The second-order valence-electron chi connectivity index (χ2n) is 6.45. The number of hydrogen-bond donors (Lipinski definition) is 2. The molecule has 0 bridgehead atoms. The lowest BCUT2D eigenvalue weighted by molar-refractivity contribution is -0.0546. The molecule has 0 aromatic heterocycles. The van der Waals surface area contributed by atoms with E-state index in [-0.39, 0.29) is 12.5 Å². The molecule has 0 radical (unpaired) electrons. The predicted octanol–water partition coefficient (Wildman–Crippen LogP) is 2.32. The normalized spacial score (nSPS) is 16.5. The first-order valence-corrected chi connectivity index (χ1v) is 8.42. The second-order valence-corrected chi connectivity index (χ2v) is 6.45. The van der Waals surface area contributed by atoms with Crippen molar-refractivity contribution in [3.63, 3.8) is 0 Å². The highest BCUT2D eigenvalue weighted by Gasteiger charge is 2.33. The number of aliphatic hydroxyl groups excluding tert-OH is 1. The van der Waals surface area contributed by atoms with E-state index >= 15 is 0 Å². The van der Waals surface area contributed by atoms with Gasteiger partial charge in [0.05, 0.1) is 19.3 Å². The third-order valence-corrected chi connectivity index (χ3v) is 4.83. The number of likely N-dealkylation sites (tertiary alicyclic amines) is 1. The molecule has 5 nitrogen and oxygen atoms in total. The molecule has 1 aliphatic rings. The fraction of sp³-hybridized carbons (Fsp3) is 0.350. The molecule has 1 saturated heterocycles. The Balaban J connectivity index is 1.73. The molecule has 25 heavy (non-hydrogen) atoms. The molecule has 1 amide bonds. The van der Waals surface area contributed by atoms with Crippen molar-refractivity contribution in [3.05, 3.63) is 54.1 Å². The van der Waals surface area contributed by atoms with E-state index < -0.39 is 5.60 Å². The minimum absolute atomic E-state index is 0.0495. The number of carbonyl (C=O) groups excluding carboxylic acids is 1. The quantitative estimate of drug-likeness (QED) is 0.895. The van der Waals surface area contributed by atoms with E-state index in [0.29, 0.717) is 31.5 Å². The van der Waals surface area contributed by atoms with Gasteiger partial charge in [0, 0.05) is 24.2 Å². The second kappa shape index (κ2) is 7.25. The first-order valence-electron chi connectivity index (χ1n) is 8.42. The smallest absolute Gasteiger partial charge is 0.253 e. The molecule has 0 atom stereocenters. The lowest BCUT2D eigenvalue weighted by Crippen LogP contribution is -2.48. The molecule has 1 fully saturated rings. The molecule has 3 rings (SSSR count). The first-order chi connectivity index (χ1) is 12.1. The summed E-state index contributed by atoms with van der Waals surface area (Å²) in [6.45, 7) is 0.636. The van der Waals surface area contributed by atoms with Gasteiger partial charge in [0.15, 0.2) is 0 Å². The van der Waals surface area contributed by atoms with Gasteiger partial charge in [0.1, 0.15) is 5.75 Å². The molecule has 2 aromatic rings. The van der Waals surface area contributed by atoms with Crippen molar-refractivity contribution in [1.82, 2.24) is 4.90 Å². The van der Waals surface area contributed by atoms with Crippen molar-refractivity contribution < 1.29 is 19.7 Å². The molecule has 132 valence electrons. The summed E-state index contributed by atoms with van der Waals surface area (Å²) in [6, 6.07) is 15.2. The van der Waals surface area contributed by atoms with Gasteiger partial charge in [-0.2, -0.15) is 0 Å². The number of aliphatic hydroxyl groups is 2. The molecule has 1 heterocycles. The molecule has 5 heteroatoms. The fourth-order valence-corrected chi connectivity index (χ4v) is 3.14. The van der Waals surface area contributed by atoms with Gasteiger partial charge in [-0.15, -0.1) is 0 Å². The van der Waals surface area contributed by atoms with Gasteiger partial charge in [0.2, 0.25) is 0 Å². The van der Waals surface area contributed by atoms with Crippen LogP contribution in [0.5, 0.6) is 5.75 Å². The zero-order chi connectivity index (χ0) is 17.9. The summed E-state index contributed by atoms with van der Waals surface area (Å²) in [6.07, 6.45) is 0.795. The van der Waals surface area contributed by atoms with E-state index in [4.69, 9.17) is 4.74 Å². The molecular weight excluding hydrogens is 318 g/mol. The topological polar surface area (TPSA) is 70.0 Å². The summed E-state index contributed by atoms with van der Waals surface area (Å²) in [5, 5.41) is 19.3. The molecule has 2 aromatic carbocycles. The number of ether oxygens (including phenoxy) is 1. The van der Waals surface area contributed by atoms with Crippen LogP contribution in [0.1, 0.15) is 23.2 Å². The van der Waals surface area contributed by atoms with Crippen LogP contribution in [0.15, 0.2) is 48.5 Å². The van der Waals surface area contributed by atoms with Crippen molar-refractivity contribution >= 4 is 5.91 Å². The molecule has 1 aliphatic heterocycles. The Morgan fingerprint density at radius 1 is 1.12 bits per heavy atom. The Kier molecular flexibility index (Phi) is 5.06. The number of hydrogen-bond acceptors (Lipinski definition) is 4. The van der Waals surface area contributed by atoms with Gasteiger partial charge in [-0.3, -0.25) is 4.79 Å². The van der Waals surface area contributed by atoms with Gasteiger partial charge in [-0.05, 0) is 36.6 Å². The third kappa shape index (κ3) is 3.67. The average molecular weight is 341 g/mol. The number of piperidine rings is 1. The number of benzene rings is 2. The van der Waals surface area contributed by atoms with Crippen LogP contribution in [0.2, 0.25) is 0 Å². The van der Waals surface area contributed by atoms with E-state index in [1.807, 2.05) is 48.5 Å².